The fraction of sp³-hybridized carbons (Fsp3) is 0.261. The first-order chi connectivity index (χ1) is 17.6. The Morgan fingerprint density at radius 3 is 2.11 bits per heavy atom. The SMILES string of the molecule is C=C1CS(=O)[C@@H]2C(NC(=O)Cc3ccc([N+](=O)[O-])cc3)C(=O)N2C1C(=O)OCc1ccc([N+](=O)[O-])cc1. The van der Waals surface area contributed by atoms with Crippen molar-refractivity contribution in [3.8, 4) is 0 Å². The van der Waals surface area contributed by atoms with E-state index < -0.39 is 55.9 Å². The molecule has 37 heavy (non-hydrogen) atoms. The number of carbonyl (C=O) groups excluding carboxylic acids is 3. The molecule has 4 rings (SSSR count). The maximum Gasteiger partial charge on any atom is 0.333 e. The van der Waals surface area contributed by atoms with Gasteiger partial charge in [-0.25, -0.2) is 4.79 Å². The molecule has 13 nitrogen and oxygen atoms in total. The van der Waals surface area contributed by atoms with E-state index in [4.69, 9.17) is 4.74 Å². The van der Waals surface area contributed by atoms with Crippen molar-refractivity contribution >= 4 is 40.0 Å². The minimum Gasteiger partial charge on any atom is -0.459 e. The van der Waals surface area contributed by atoms with E-state index in [0.29, 0.717) is 11.1 Å². The lowest BCUT2D eigenvalue weighted by Crippen LogP contribution is -2.77. The van der Waals surface area contributed by atoms with Gasteiger partial charge in [0.2, 0.25) is 11.8 Å². The molecule has 2 fully saturated rings. The van der Waals surface area contributed by atoms with Gasteiger partial charge < -0.3 is 15.0 Å². The molecule has 4 atom stereocenters. The molecule has 192 valence electrons. The number of ether oxygens (including phenoxy) is 1. The number of hydrogen-bond acceptors (Lipinski definition) is 9. The Bertz CT molecular complexity index is 1330. The van der Waals surface area contributed by atoms with Gasteiger partial charge in [-0.15, -0.1) is 0 Å². The van der Waals surface area contributed by atoms with Gasteiger partial charge in [0.15, 0.2) is 6.04 Å². The second kappa shape index (κ2) is 10.3. The average Bonchev–Trinajstić information content (AvgIpc) is 2.86. The molecule has 0 bridgehead atoms. The van der Waals surface area contributed by atoms with Crippen LogP contribution in [-0.2, 0) is 42.9 Å². The predicted octanol–water partition coefficient (Wildman–Crippen LogP) is 1.13. The number of amides is 2. The summed E-state index contributed by atoms with van der Waals surface area (Å²) in [6, 6.07) is 8.48. The number of fused-ring (bicyclic) bond motifs is 1. The van der Waals surface area contributed by atoms with Crippen molar-refractivity contribution < 1.29 is 33.2 Å². The number of nitrogens with zero attached hydrogens (tertiary/aromatic N) is 3. The highest BCUT2D eigenvalue weighted by Gasteiger charge is 2.59. The number of nitro benzene ring substituents is 2. The van der Waals surface area contributed by atoms with Crippen LogP contribution in [0.25, 0.3) is 0 Å². The molecule has 14 heteroatoms. The van der Waals surface area contributed by atoms with Crippen LogP contribution in [0.4, 0.5) is 11.4 Å². The molecule has 0 aromatic heterocycles. The molecule has 0 aliphatic carbocycles. The lowest BCUT2D eigenvalue weighted by molar-refractivity contribution is -0.385. The molecule has 2 saturated heterocycles. The fourth-order valence-electron chi connectivity index (χ4n) is 4.09. The molecule has 2 amide bonds. The van der Waals surface area contributed by atoms with Crippen LogP contribution < -0.4 is 5.32 Å². The molecular weight excluding hydrogens is 508 g/mol. The molecule has 2 aliphatic heterocycles. The van der Waals surface area contributed by atoms with Crippen molar-refractivity contribution in [1.82, 2.24) is 10.2 Å². The van der Waals surface area contributed by atoms with E-state index in [1.54, 1.807) is 0 Å². The lowest BCUT2D eigenvalue weighted by Gasteiger charge is -2.52. The molecule has 2 aromatic carbocycles. The maximum absolute atomic E-state index is 12.9. The van der Waals surface area contributed by atoms with Crippen molar-refractivity contribution in [2.45, 2.75) is 30.5 Å². The van der Waals surface area contributed by atoms with E-state index in [2.05, 4.69) is 11.9 Å². The van der Waals surface area contributed by atoms with E-state index in [9.17, 15) is 38.8 Å². The van der Waals surface area contributed by atoms with Gasteiger partial charge in [-0.2, -0.15) is 0 Å². The van der Waals surface area contributed by atoms with Crippen molar-refractivity contribution in [1.29, 1.82) is 0 Å². The molecule has 0 radical (unpaired) electrons. The largest absolute Gasteiger partial charge is 0.459 e. The van der Waals surface area contributed by atoms with Gasteiger partial charge in [0.1, 0.15) is 18.0 Å². The zero-order chi connectivity index (χ0) is 26.9. The van der Waals surface area contributed by atoms with Crippen molar-refractivity contribution in [3.05, 3.63) is 92.0 Å². The van der Waals surface area contributed by atoms with E-state index in [1.807, 2.05) is 0 Å². The van der Waals surface area contributed by atoms with Crippen LogP contribution in [0, 0.1) is 20.2 Å². The molecule has 0 spiro atoms. The van der Waals surface area contributed by atoms with Gasteiger partial charge in [0.05, 0.1) is 27.1 Å². The molecule has 0 saturated carbocycles. The van der Waals surface area contributed by atoms with Crippen molar-refractivity contribution in [3.63, 3.8) is 0 Å². The van der Waals surface area contributed by atoms with E-state index in [0.717, 1.165) is 4.90 Å². The zero-order valence-corrected chi connectivity index (χ0v) is 19.9. The van der Waals surface area contributed by atoms with Crippen LogP contribution in [0.1, 0.15) is 11.1 Å². The highest BCUT2D eigenvalue weighted by molar-refractivity contribution is 7.86. The maximum atomic E-state index is 12.9. The summed E-state index contributed by atoms with van der Waals surface area (Å²) in [5.41, 5.74) is 0.962. The molecule has 2 aromatic rings. The fourth-order valence-corrected chi connectivity index (χ4v) is 5.75. The number of β-lactam (4-membered cyclic amide) rings is 1. The minimum absolute atomic E-state index is 0.0690. The summed E-state index contributed by atoms with van der Waals surface area (Å²) in [5.74, 6) is -2.03. The van der Waals surface area contributed by atoms with E-state index in [1.165, 1.54) is 48.5 Å². The quantitative estimate of drug-likeness (QED) is 0.173. The number of non-ortho nitro benzene ring substituents is 2. The molecular formula is C23H20N4O9S. The summed E-state index contributed by atoms with van der Waals surface area (Å²) in [7, 11) is -1.62. The van der Waals surface area contributed by atoms with Crippen LogP contribution in [-0.4, -0.2) is 59.9 Å². The molecule has 2 heterocycles. The second-order valence-electron chi connectivity index (χ2n) is 8.40. The standard InChI is InChI=1S/C23H20N4O9S/c1-13-12-37(35)22-19(24-18(28)10-14-2-6-16(7-3-14)26(31)32)21(29)25(22)20(13)23(30)36-11-15-4-8-17(9-5-15)27(33)34/h2-9,19-20,22H,1,10-12H2,(H,24,28)/t19?,20?,22-,37?/m1/s1. The Labute approximate surface area is 211 Å². The van der Waals surface area contributed by atoms with E-state index in [-0.39, 0.29) is 35.7 Å². The summed E-state index contributed by atoms with van der Waals surface area (Å²) >= 11 is 0. The second-order valence-corrected chi connectivity index (χ2v) is 9.93. The van der Waals surface area contributed by atoms with Crippen molar-refractivity contribution in [2.24, 2.45) is 0 Å². The highest BCUT2D eigenvalue weighted by atomic mass is 32.2. The number of benzene rings is 2. The third kappa shape index (κ3) is 5.23. The topological polar surface area (TPSA) is 179 Å². The molecule has 2 aliphatic rings. The van der Waals surface area contributed by atoms with Gasteiger partial charge >= 0.3 is 5.97 Å². The normalized spacial score (nSPS) is 22.4. The Kier molecular flexibility index (Phi) is 7.11. The smallest absolute Gasteiger partial charge is 0.333 e. The van der Waals surface area contributed by atoms with Gasteiger partial charge in [-0.05, 0) is 28.8 Å². The zero-order valence-electron chi connectivity index (χ0n) is 19.1. The summed E-state index contributed by atoms with van der Waals surface area (Å²) in [5, 5.41) is 23.1. The molecule has 3 unspecified atom stereocenters. The summed E-state index contributed by atoms with van der Waals surface area (Å²) < 4.78 is 18.0. The van der Waals surface area contributed by atoms with Crippen LogP contribution in [0.15, 0.2) is 60.7 Å². The van der Waals surface area contributed by atoms with Gasteiger partial charge in [0.25, 0.3) is 11.4 Å². The first-order valence-electron chi connectivity index (χ1n) is 10.9. The van der Waals surface area contributed by atoms with Crippen molar-refractivity contribution in [2.75, 3.05) is 5.75 Å². The first-order valence-corrected chi connectivity index (χ1v) is 12.2. The Hall–Kier alpha value is -4.46. The number of nitro groups is 2. The minimum atomic E-state index is -1.62. The first kappa shape index (κ1) is 25.6. The Morgan fingerprint density at radius 1 is 1.03 bits per heavy atom. The number of carbonyl (C=O) groups is 3. The summed E-state index contributed by atoms with van der Waals surface area (Å²) in [6.45, 7) is 3.57. The number of hydrogen-bond donors (Lipinski definition) is 1. The third-order valence-electron chi connectivity index (χ3n) is 5.92. The number of nitrogens with one attached hydrogen (secondary N) is 1. The van der Waals surface area contributed by atoms with Crippen LogP contribution in [0.5, 0.6) is 0 Å². The van der Waals surface area contributed by atoms with Crippen LogP contribution in [0.3, 0.4) is 0 Å². The third-order valence-corrected chi connectivity index (χ3v) is 7.61. The summed E-state index contributed by atoms with van der Waals surface area (Å²) in [6.07, 6.45) is -0.158. The number of rotatable bonds is 8. The van der Waals surface area contributed by atoms with Gasteiger partial charge in [0, 0.05) is 30.0 Å². The average molecular weight is 528 g/mol. The highest BCUT2D eigenvalue weighted by Crippen LogP contribution is 2.35. The molecule has 1 N–H and O–H groups in total. The monoisotopic (exact) mass is 528 g/mol. The van der Waals surface area contributed by atoms with Gasteiger partial charge in [-0.1, -0.05) is 18.7 Å². The van der Waals surface area contributed by atoms with Crippen LogP contribution >= 0.6 is 0 Å². The predicted molar refractivity (Wildman–Crippen MR) is 128 cm³/mol. The van der Waals surface area contributed by atoms with Crippen LogP contribution in [0.2, 0.25) is 0 Å². The Balaban J connectivity index is 1.38. The lowest BCUT2D eigenvalue weighted by atomic mass is 9.98. The Morgan fingerprint density at radius 2 is 1.57 bits per heavy atom. The van der Waals surface area contributed by atoms with Gasteiger partial charge in [-0.3, -0.25) is 34.0 Å². The van der Waals surface area contributed by atoms with E-state index >= 15 is 0 Å². The number of esters is 1. The summed E-state index contributed by atoms with van der Waals surface area (Å²) in [4.78, 5) is 59.7.